The van der Waals surface area contributed by atoms with E-state index in [1.54, 1.807) is 51.1 Å². The van der Waals surface area contributed by atoms with Crippen LogP contribution in [0.4, 0.5) is 22.7 Å². The molecule has 4 aromatic carbocycles. The van der Waals surface area contributed by atoms with Crippen LogP contribution in [0.15, 0.2) is 132 Å². The minimum atomic E-state index is -1.72. The Labute approximate surface area is 602 Å². The maximum absolute atomic E-state index is 10.8. The molecule has 0 fully saturated rings. The van der Waals surface area contributed by atoms with Gasteiger partial charge in [0.15, 0.2) is 29.2 Å². The third-order valence-corrected chi connectivity index (χ3v) is 29.9. The number of carbonyl (C=O) groups excluding carboxylic acids is 2. The third-order valence-electron chi connectivity index (χ3n) is 17.2. The highest BCUT2D eigenvalue weighted by Gasteiger charge is 2.38. The number of benzene rings is 4. The Morgan fingerprint density at radius 3 is 0.898 bits per heavy atom. The van der Waals surface area contributed by atoms with Gasteiger partial charge in [0.25, 0.3) is 0 Å². The van der Waals surface area contributed by atoms with Gasteiger partial charge in [-0.15, -0.1) is 45.3 Å². The van der Waals surface area contributed by atoms with Gasteiger partial charge in [-0.3, -0.25) is 9.59 Å². The molecule has 0 radical (unpaired) electrons. The molecule has 0 aliphatic rings. The number of ether oxygens (including phenoxy) is 4. The van der Waals surface area contributed by atoms with Crippen LogP contribution in [0.1, 0.15) is 103 Å². The van der Waals surface area contributed by atoms with Crippen LogP contribution in [0.2, 0.25) is 36.3 Å². The minimum absolute atomic E-state index is 0.109. The fraction of sp³-hybridized carbons (Fsp3) is 0.359. The van der Waals surface area contributed by atoms with Gasteiger partial charge in [-0.2, -0.15) is 0 Å². The predicted molar refractivity (Wildman–Crippen MR) is 429 cm³/mol. The van der Waals surface area contributed by atoms with Crippen molar-refractivity contribution >= 4 is 146 Å². The van der Waals surface area contributed by atoms with Crippen LogP contribution in [-0.2, 0) is 8.85 Å². The molecule has 8 rings (SSSR count). The van der Waals surface area contributed by atoms with Crippen molar-refractivity contribution in [2.75, 3.05) is 129 Å². The Bertz CT molecular complexity index is 3810. The molecule has 0 aliphatic heterocycles. The molecule has 4 heterocycles. The zero-order valence-electron chi connectivity index (χ0n) is 60.7. The van der Waals surface area contributed by atoms with Gasteiger partial charge in [-0.1, -0.05) is 53.7 Å². The van der Waals surface area contributed by atoms with Crippen molar-refractivity contribution in [1.82, 2.24) is 0 Å². The van der Waals surface area contributed by atoms with Gasteiger partial charge in [-0.05, 0) is 181 Å². The van der Waals surface area contributed by atoms with Gasteiger partial charge in [0.1, 0.15) is 23.0 Å². The molecule has 0 aliphatic carbocycles. The van der Waals surface area contributed by atoms with E-state index in [0.29, 0.717) is 24.6 Å². The highest BCUT2D eigenvalue weighted by atomic mass is 32.1. The Morgan fingerprint density at radius 2 is 0.663 bits per heavy atom. The van der Waals surface area contributed by atoms with Gasteiger partial charge in [0, 0.05) is 143 Å². The van der Waals surface area contributed by atoms with Crippen molar-refractivity contribution in [3.8, 4) is 23.0 Å². The number of aldehydes is 2. The van der Waals surface area contributed by atoms with E-state index >= 15 is 0 Å². The van der Waals surface area contributed by atoms with Crippen molar-refractivity contribution < 1.29 is 47.6 Å². The Hall–Kier alpha value is -7.35. The predicted octanol–water partition coefficient (Wildman–Crippen LogP) is 19.1. The number of hydrogen-bond donors (Lipinski definition) is 2. The molecule has 98 heavy (non-hydrogen) atoms. The summed E-state index contributed by atoms with van der Waals surface area (Å²) in [5.41, 5.74) is 8.35. The molecule has 0 amide bonds. The summed E-state index contributed by atoms with van der Waals surface area (Å²) >= 11 is 6.36. The molecule has 528 valence electrons. The number of methoxy groups -OCH3 is 4. The van der Waals surface area contributed by atoms with Crippen molar-refractivity contribution in [2.24, 2.45) is 0 Å². The lowest BCUT2D eigenvalue weighted by Gasteiger charge is -2.36. The normalized spacial score (nSPS) is 11.8. The molecule has 0 bridgehead atoms. The topological polar surface area (TPSA) is 143 Å². The SMILES string of the molecule is COc1cc(N(C)CCO)ccc1/C=C/c1ccc(C=O)s1.COc1cc(N(C)CCO)ccc1/C=C/c1cccs1.COc1cc(N(C)CCO[Si](C)(C)C(C)(C)C)ccc1/C=C/c1ccc(C=O)s1.COc1cc(N(C)CCO[Si](C)(C)C(C)(C)C)ccc1/C=C/c1cccs1. The molecule has 0 atom stereocenters. The minimum Gasteiger partial charge on any atom is -0.496 e. The lowest BCUT2D eigenvalue weighted by molar-refractivity contribution is 0.111. The van der Waals surface area contributed by atoms with Crippen molar-refractivity contribution in [1.29, 1.82) is 0 Å². The van der Waals surface area contributed by atoms with Crippen LogP contribution < -0.4 is 38.5 Å². The average Bonchev–Trinajstić information content (AvgIpc) is 1.18. The first-order chi connectivity index (χ1) is 46.6. The molecule has 0 saturated heterocycles. The largest absolute Gasteiger partial charge is 0.496 e. The van der Waals surface area contributed by atoms with E-state index in [4.69, 9.17) is 38.0 Å². The fourth-order valence-electron chi connectivity index (χ4n) is 8.93. The van der Waals surface area contributed by atoms with E-state index in [-0.39, 0.29) is 23.3 Å². The van der Waals surface area contributed by atoms with Gasteiger partial charge < -0.3 is 57.6 Å². The molecule has 0 saturated carbocycles. The van der Waals surface area contributed by atoms with Gasteiger partial charge in [0.2, 0.25) is 0 Å². The average molecular weight is 1440 g/mol. The molecule has 14 nitrogen and oxygen atoms in total. The van der Waals surface area contributed by atoms with E-state index in [9.17, 15) is 9.59 Å². The zero-order chi connectivity index (χ0) is 72.1. The molecular formula is C78H104N4O10S4Si2. The Kier molecular flexibility index (Phi) is 33.2. The number of aliphatic hydroxyl groups excluding tert-OH is 2. The van der Waals surface area contributed by atoms with Gasteiger partial charge in [0.05, 0.1) is 64.6 Å². The van der Waals surface area contributed by atoms with Crippen LogP contribution in [-0.4, -0.2) is 149 Å². The van der Waals surface area contributed by atoms with Crippen molar-refractivity contribution in [3.63, 3.8) is 0 Å². The van der Waals surface area contributed by atoms with E-state index in [2.05, 4.69) is 181 Å². The van der Waals surface area contributed by atoms with Crippen LogP contribution in [0, 0.1) is 0 Å². The number of thiophene rings is 4. The second-order valence-electron chi connectivity index (χ2n) is 26.1. The zero-order valence-corrected chi connectivity index (χ0v) is 66.0. The summed E-state index contributed by atoms with van der Waals surface area (Å²) in [6.45, 7) is 27.3. The first kappa shape index (κ1) is 81.3. The maximum Gasteiger partial charge on any atom is 0.192 e. The van der Waals surface area contributed by atoms with Crippen LogP contribution >= 0.6 is 45.3 Å². The van der Waals surface area contributed by atoms with E-state index in [0.717, 1.165) is 115 Å². The fourth-order valence-corrected chi connectivity index (χ4v) is 13.7. The number of rotatable bonds is 30. The second kappa shape index (κ2) is 40.0. The Balaban J connectivity index is 0.000000238. The first-order valence-corrected chi connectivity index (χ1v) is 41.8. The number of likely N-dealkylation sites (N-methyl/N-ethyl adjacent to an activating group) is 4. The van der Waals surface area contributed by atoms with Gasteiger partial charge >= 0.3 is 0 Å². The van der Waals surface area contributed by atoms with Crippen LogP contribution in [0.3, 0.4) is 0 Å². The summed E-state index contributed by atoms with van der Waals surface area (Å²) in [5.74, 6) is 3.31. The monoisotopic (exact) mass is 1440 g/mol. The number of aliphatic hydroxyl groups is 2. The lowest BCUT2D eigenvalue weighted by atomic mass is 10.1. The summed E-state index contributed by atoms with van der Waals surface area (Å²) in [4.78, 5) is 35.9. The van der Waals surface area contributed by atoms with E-state index in [1.165, 1.54) is 32.4 Å². The van der Waals surface area contributed by atoms with Crippen molar-refractivity contribution in [2.45, 2.75) is 77.8 Å². The van der Waals surface area contributed by atoms with E-state index < -0.39 is 16.6 Å². The molecule has 4 aromatic heterocycles. The van der Waals surface area contributed by atoms with Crippen molar-refractivity contribution in [3.05, 3.63) is 184 Å². The number of nitrogens with zero attached hydrogens (tertiary/aromatic N) is 4. The molecule has 0 unspecified atom stereocenters. The second-order valence-corrected chi connectivity index (χ2v) is 40.0. The highest BCUT2D eigenvalue weighted by Crippen LogP contribution is 2.39. The Morgan fingerprint density at radius 1 is 0.388 bits per heavy atom. The number of carbonyl (C=O) groups is 2. The van der Waals surface area contributed by atoms with Crippen LogP contribution in [0.25, 0.3) is 48.6 Å². The summed E-state index contributed by atoms with van der Waals surface area (Å²) < 4.78 is 34.7. The molecule has 0 spiro atoms. The number of hydrogen-bond acceptors (Lipinski definition) is 18. The third kappa shape index (κ3) is 25.7. The first-order valence-electron chi connectivity index (χ1n) is 32.6. The summed E-state index contributed by atoms with van der Waals surface area (Å²) in [6.07, 6.45) is 18.1. The summed E-state index contributed by atoms with van der Waals surface area (Å²) in [7, 11) is 11.4. The summed E-state index contributed by atoms with van der Waals surface area (Å²) in [5, 5.41) is 22.6. The summed E-state index contributed by atoms with van der Waals surface area (Å²) in [6, 6.07) is 40.3. The smallest absolute Gasteiger partial charge is 0.192 e. The quantitative estimate of drug-likeness (QED) is 0.0326. The standard InChI is InChI=1S/C23H33NO3SSi.C22H33NO2SSi.C17H19NO3S.C16H19NO2S/c1-23(2,3)29(6,7)27-15-14-24(4)19-10-8-18(22(16-19)26-5)9-11-20-12-13-21(17-25)28-20;1-22(2,3)27(6,7)25-15-14-23(4)19-12-10-18(21(17-19)24-5)11-13-20-9-8-16-26-20;1-18(9-10-19)14-5-3-13(17(11-14)21-2)4-6-15-7-8-16(12-20)22-15;1-17(9-10-18)14-7-5-13(16(12-14)19-2)6-8-15-4-3-11-20-15/h8-13,16-17H,14-15H2,1-7H3;8-13,16-17H,14-15H2,1-7H3;3-8,11-12,19H,9-10H2,1-2H3;3-8,11-12,18H,9-10H2,1-2H3/b11-9+;13-11+;6-4+;8-6+. The molecule has 8 aromatic rings. The van der Waals surface area contributed by atoms with Gasteiger partial charge in [-0.25, -0.2) is 0 Å². The van der Waals surface area contributed by atoms with Crippen LogP contribution in [0.5, 0.6) is 23.0 Å². The molecule has 2 N–H and O–H groups in total. The van der Waals surface area contributed by atoms with E-state index in [1.807, 2.05) is 115 Å². The number of anilines is 4. The molecule has 20 heteroatoms. The highest BCUT2D eigenvalue weighted by molar-refractivity contribution is 7.15. The maximum atomic E-state index is 10.8. The molecular weight excluding hydrogens is 1340 g/mol. The lowest BCUT2D eigenvalue weighted by Crippen LogP contribution is -2.42.